The van der Waals surface area contributed by atoms with Gasteiger partial charge in [0, 0.05) is 37.6 Å². The molecule has 0 bridgehead atoms. The first kappa shape index (κ1) is 21.6. The third-order valence-electron chi connectivity index (χ3n) is 6.48. The average molecular weight is 438 g/mol. The van der Waals surface area contributed by atoms with Gasteiger partial charge in [-0.2, -0.15) is 5.26 Å². The predicted octanol–water partition coefficient (Wildman–Crippen LogP) is 4.61. The van der Waals surface area contributed by atoms with Crippen LogP contribution in [0.1, 0.15) is 60.3 Å². The van der Waals surface area contributed by atoms with E-state index in [-0.39, 0.29) is 11.9 Å². The minimum absolute atomic E-state index is 0.0644. The quantitative estimate of drug-likeness (QED) is 0.682. The summed E-state index contributed by atoms with van der Waals surface area (Å²) in [7, 11) is 0. The summed E-state index contributed by atoms with van der Waals surface area (Å²) < 4.78 is 0. The van der Waals surface area contributed by atoms with E-state index in [4.69, 9.17) is 11.6 Å². The van der Waals surface area contributed by atoms with Crippen molar-refractivity contribution >= 4 is 23.2 Å². The molecule has 31 heavy (non-hydrogen) atoms. The van der Waals surface area contributed by atoms with E-state index in [2.05, 4.69) is 20.9 Å². The normalized spacial score (nSPS) is 19.3. The molecule has 2 heterocycles. The van der Waals surface area contributed by atoms with Gasteiger partial charge in [-0.05, 0) is 50.3 Å². The molecule has 162 valence electrons. The van der Waals surface area contributed by atoms with Gasteiger partial charge in [-0.15, -0.1) is 0 Å². The molecule has 1 atom stereocenters. The van der Waals surface area contributed by atoms with Gasteiger partial charge in [0.25, 0.3) is 5.91 Å². The molecule has 6 nitrogen and oxygen atoms in total. The minimum atomic E-state index is -0.0644. The third kappa shape index (κ3) is 4.99. The Bertz CT molecular complexity index is 965. The number of carbonyl (C=O) groups excluding carboxylic acids is 1. The van der Waals surface area contributed by atoms with Crippen LogP contribution >= 0.6 is 11.6 Å². The summed E-state index contributed by atoms with van der Waals surface area (Å²) in [5.74, 6) is 0.585. The summed E-state index contributed by atoms with van der Waals surface area (Å²) in [6, 6.07) is 8.04. The van der Waals surface area contributed by atoms with Crippen LogP contribution in [0, 0.1) is 24.2 Å². The van der Waals surface area contributed by atoms with E-state index >= 15 is 0 Å². The first-order valence-electron chi connectivity index (χ1n) is 11.1. The molecule has 1 saturated heterocycles. The van der Waals surface area contributed by atoms with Gasteiger partial charge in [0.1, 0.15) is 11.8 Å². The molecule has 7 heteroatoms. The Morgan fingerprint density at radius 2 is 2.03 bits per heavy atom. The number of nitriles is 1. The van der Waals surface area contributed by atoms with Crippen LogP contribution in [0.2, 0.25) is 5.02 Å². The van der Waals surface area contributed by atoms with E-state index in [1.54, 1.807) is 18.5 Å². The van der Waals surface area contributed by atoms with Gasteiger partial charge in [-0.25, -0.2) is 4.98 Å². The molecule has 1 aliphatic heterocycles. The zero-order valence-corrected chi connectivity index (χ0v) is 18.7. The van der Waals surface area contributed by atoms with Gasteiger partial charge < -0.3 is 9.80 Å². The maximum Gasteiger partial charge on any atom is 0.274 e. The second-order valence-corrected chi connectivity index (χ2v) is 9.08. The number of halogens is 1. The molecule has 2 aromatic rings. The first-order chi connectivity index (χ1) is 15.0. The van der Waals surface area contributed by atoms with Crippen molar-refractivity contribution in [3.8, 4) is 6.07 Å². The lowest BCUT2D eigenvalue weighted by Gasteiger charge is -2.36. The van der Waals surface area contributed by atoms with E-state index in [1.807, 2.05) is 24.0 Å². The van der Waals surface area contributed by atoms with Crippen LogP contribution < -0.4 is 4.90 Å². The lowest BCUT2D eigenvalue weighted by Crippen LogP contribution is -2.42. The second kappa shape index (κ2) is 9.65. The number of anilines is 1. The van der Waals surface area contributed by atoms with Crippen LogP contribution in [-0.2, 0) is 0 Å². The van der Waals surface area contributed by atoms with Crippen LogP contribution in [0.5, 0.6) is 0 Å². The molecule has 4 rings (SSSR count). The Morgan fingerprint density at radius 1 is 1.23 bits per heavy atom. The molecule has 0 spiro atoms. The largest absolute Gasteiger partial charge is 0.366 e. The number of benzene rings is 1. The van der Waals surface area contributed by atoms with Gasteiger partial charge in [0.15, 0.2) is 0 Å². The highest BCUT2D eigenvalue weighted by molar-refractivity contribution is 6.32. The van der Waals surface area contributed by atoms with Crippen molar-refractivity contribution in [1.82, 2.24) is 14.9 Å². The van der Waals surface area contributed by atoms with E-state index < -0.39 is 0 Å². The number of aryl methyl sites for hydroxylation is 1. The standard InChI is InChI=1S/C24H28ClN5O/c1-17-13-28-23(14-27-17)24(31)29-10-9-21(16-29)30(15-18-5-3-2-4-6-18)20-8-7-19(12-26)22(25)11-20/h7-8,11,13-14,18,21H,2-6,9-10,15-16H2,1H3. The highest BCUT2D eigenvalue weighted by Gasteiger charge is 2.33. The number of aromatic nitrogens is 2. The number of hydrogen-bond acceptors (Lipinski definition) is 5. The van der Waals surface area contributed by atoms with Crippen molar-refractivity contribution in [3.05, 3.63) is 52.6 Å². The van der Waals surface area contributed by atoms with E-state index in [0.717, 1.165) is 24.3 Å². The average Bonchev–Trinajstić information content (AvgIpc) is 3.28. The fraction of sp³-hybridized carbons (Fsp3) is 0.500. The fourth-order valence-electron chi connectivity index (χ4n) is 4.73. The number of likely N-dealkylation sites (tertiary alicyclic amines) is 1. The fourth-order valence-corrected chi connectivity index (χ4v) is 4.95. The van der Waals surface area contributed by atoms with Crippen molar-refractivity contribution in [1.29, 1.82) is 5.26 Å². The number of hydrogen-bond donors (Lipinski definition) is 0. The Labute approximate surface area is 188 Å². The molecule has 2 fully saturated rings. The zero-order valence-electron chi connectivity index (χ0n) is 17.9. The van der Waals surface area contributed by atoms with Crippen molar-refractivity contribution in [2.75, 3.05) is 24.5 Å². The summed E-state index contributed by atoms with van der Waals surface area (Å²) in [5, 5.41) is 9.72. The van der Waals surface area contributed by atoms with Crippen LogP contribution in [-0.4, -0.2) is 46.5 Å². The van der Waals surface area contributed by atoms with Gasteiger partial charge in [-0.3, -0.25) is 9.78 Å². The molecule has 1 unspecified atom stereocenters. The first-order valence-corrected chi connectivity index (χ1v) is 11.5. The Balaban J connectivity index is 1.53. The van der Waals surface area contributed by atoms with Crippen molar-refractivity contribution in [2.24, 2.45) is 5.92 Å². The Morgan fingerprint density at radius 3 is 2.71 bits per heavy atom. The lowest BCUT2D eigenvalue weighted by molar-refractivity contribution is 0.0784. The van der Waals surface area contributed by atoms with E-state index in [0.29, 0.717) is 35.3 Å². The Hall–Kier alpha value is -2.65. The summed E-state index contributed by atoms with van der Waals surface area (Å²) in [4.78, 5) is 25.7. The molecule has 0 N–H and O–H groups in total. The maximum atomic E-state index is 12.9. The molecule has 2 aliphatic rings. The lowest BCUT2D eigenvalue weighted by atomic mass is 9.88. The topological polar surface area (TPSA) is 73.1 Å². The smallest absolute Gasteiger partial charge is 0.274 e. The summed E-state index contributed by atoms with van der Waals surface area (Å²) in [6.07, 6.45) is 10.5. The summed E-state index contributed by atoms with van der Waals surface area (Å²) in [6.45, 7) is 4.17. The predicted molar refractivity (Wildman–Crippen MR) is 121 cm³/mol. The van der Waals surface area contributed by atoms with Gasteiger partial charge in [0.05, 0.1) is 22.5 Å². The third-order valence-corrected chi connectivity index (χ3v) is 6.79. The molecule has 1 saturated carbocycles. The Kier molecular flexibility index (Phi) is 6.72. The summed E-state index contributed by atoms with van der Waals surface area (Å²) >= 11 is 6.37. The number of nitrogens with zero attached hydrogens (tertiary/aromatic N) is 5. The van der Waals surface area contributed by atoms with E-state index in [1.165, 1.54) is 32.1 Å². The van der Waals surface area contributed by atoms with Crippen LogP contribution in [0.15, 0.2) is 30.6 Å². The van der Waals surface area contributed by atoms with Gasteiger partial charge in [-0.1, -0.05) is 30.9 Å². The van der Waals surface area contributed by atoms with Crippen molar-refractivity contribution < 1.29 is 4.79 Å². The SMILES string of the molecule is Cc1cnc(C(=O)N2CCC(N(CC3CCCCC3)c3ccc(C#N)c(Cl)c3)C2)cn1. The molecule has 0 radical (unpaired) electrons. The highest BCUT2D eigenvalue weighted by atomic mass is 35.5. The van der Waals surface area contributed by atoms with Gasteiger partial charge in [0.2, 0.25) is 0 Å². The molecule has 1 aromatic carbocycles. The summed E-state index contributed by atoms with van der Waals surface area (Å²) in [5.41, 5.74) is 2.71. The highest BCUT2D eigenvalue weighted by Crippen LogP contribution is 2.32. The van der Waals surface area contributed by atoms with Crippen molar-refractivity contribution in [3.63, 3.8) is 0 Å². The maximum absolute atomic E-state index is 12.9. The zero-order chi connectivity index (χ0) is 21.8. The van der Waals surface area contributed by atoms with Crippen LogP contribution in [0.4, 0.5) is 5.69 Å². The molecule has 1 aliphatic carbocycles. The number of amides is 1. The second-order valence-electron chi connectivity index (χ2n) is 8.67. The monoisotopic (exact) mass is 437 g/mol. The number of rotatable bonds is 5. The molecule has 1 aromatic heterocycles. The van der Waals surface area contributed by atoms with E-state index in [9.17, 15) is 10.1 Å². The van der Waals surface area contributed by atoms with Gasteiger partial charge >= 0.3 is 0 Å². The number of carbonyl (C=O) groups is 1. The molecular weight excluding hydrogens is 410 g/mol. The van der Waals surface area contributed by atoms with Crippen LogP contribution in [0.3, 0.4) is 0 Å². The minimum Gasteiger partial charge on any atom is -0.366 e. The van der Waals surface area contributed by atoms with Crippen LogP contribution in [0.25, 0.3) is 0 Å². The van der Waals surface area contributed by atoms with Crippen molar-refractivity contribution in [2.45, 2.75) is 51.5 Å². The molecular formula is C24H28ClN5O. The molecule has 1 amide bonds.